The van der Waals surface area contributed by atoms with E-state index in [1.807, 2.05) is 0 Å². The molecule has 0 bridgehead atoms. The molecule has 5 heteroatoms. The molecule has 2 aromatic carbocycles. The molecule has 2 aromatic rings. The van der Waals surface area contributed by atoms with Crippen LogP contribution in [0.25, 0.3) is 0 Å². The zero-order chi connectivity index (χ0) is 14.2. The maximum Gasteiger partial charge on any atom is 0.160 e. The Morgan fingerprint density at radius 1 is 0.947 bits per heavy atom. The largest absolute Gasteiger partial charge is 0.207 e. The Bertz CT molecular complexity index is 606. The highest BCUT2D eigenvalue weighted by atomic mass is 35.5. The molecule has 0 saturated carbocycles. The zero-order valence-electron chi connectivity index (χ0n) is 9.85. The van der Waals surface area contributed by atoms with Crippen LogP contribution in [0.15, 0.2) is 30.3 Å². The summed E-state index contributed by atoms with van der Waals surface area (Å²) in [5, 5.41) is -0.849. The fraction of sp³-hybridized carbons (Fsp3) is 0.143. The van der Waals surface area contributed by atoms with Gasteiger partial charge in [0.15, 0.2) is 11.6 Å². The van der Waals surface area contributed by atoms with E-state index >= 15 is 0 Å². The van der Waals surface area contributed by atoms with Gasteiger partial charge in [-0.15, -0.1) is 11.6 Å². The third-order valence-corrected chi connectivity index (χ3v) is 3.48. The highest BCUT2D eigenvalue weighted by molar-refractivity contribution is 6.33. The monoisotopic (exact) mass is 304 g/mol. The lowest BCUT2D eigenvalue weighted by molar-refractivity contribution is 0.507. The quantitative estimate of drug-likeness (QED) is 0.515. The predicted octanol–water partition coefficient (Wildman–Crippen LogP) is 5.39. The summed E-state index contributed by atoms with van der Waals surface area (Å²) >= 11 is 12.0. The summed E-state index contributed by atoms with van der Waals surface area (Å²) in [5.74, 6) is -2.54. The fourth-order valence-corrected chi connectivity index (χ4v) is 2.44. The highest BCUT2D eigenvalue weighted by Gasteiger charge is 2.18. The minimum absolute atomic E-state index is 0.000754. The number of alkyl halides is 1. The second-order valence-electron chi connectivity index (χ2n) is 4.21. The molecule has 0 radical (unpaired) electrons. The van der Waals surface area contributed by atoms with Crippen LogP contribution in [0.1, 0.15) is 22.1 Å². The van der Waals surface area contributed by atoms with Crippen LogP contribution in [0.4, 0.5) is 13.2 Å². The molecule has 19 heavy (non-hydrogen) atoms. The zero-order valence-corrected chi connectivity index (χ0v) is 11.4. The minimum Gasteiger partial charge on any atom is -0.207 e. The Hall–Kier alpha value is -1.19. The van der Waals surface area contributed by atoms with Crippen molar-refractivity contribution in [3.8, 4) is 0 Å². The van der Waals surface area contributed by atoms with Crippen molar-refractivity contribution in [2.75, 3.05) is 0 Å². The van der Waals surface area contributed by atoms with E-state index in [1.165, 1.54) is 12.1 Å². The van der Waals surface area contributed by atoms with Crippen molar-refractivity contribution in [1.29, 1.82) is 0 Å². The minimum atomic E-state index is -1.05. The molecule has 0 spiro atoms. The number of rotatable bonds is 2. The molecule has 1 atom stereocenters. The predicted molar refractivity (Wildman–Crippen MR) is 70.2 cm³/mol. The number of hydrogen-bond donors (Lipinski definition) is 0. The van der Waals surface area contributed by atoms with Gasteiger partial charge in [-0.1, -0.05) is 17.7 Å². The first-order valence-corrected chi connectivity index (χ1v) is 6.25. The van der Waals surface area contributed by atoms with Gasteiger partial charge < -0.3 is 0 Å². The van der Waals surface area contributed by atoms with Crippen LogP contribution in [0.3, 0.4) is 0 Å². The molecule has 2 rings (SSSR count). The Morgan fingerprint density at radius 3 is 2.21 bits per heavy atom. The lowest BCUT2D eigenvalue weighted by Crippen LogP contribution is -1.98. The molecule has 0 aromatic heterocycles. The topological polar surface area (TPSA) is 0 Å². The normalized spacial score (nSPS) is 12.5. The molecule has 0 N–H and O–H groups in total. The van der Waals surface area contributed by atoms with Crippen LogP contribution in [0, 0.1) is 24.4 Å². The molecule has 0 heterocycles. The number of benzene rings is 2. The number of halogens is 5. The smallest absolute Gasteiger partial charge is 0.160 e. The standard InChI is InChI=1S/C14H9Cl2F3/c1-7-2-8(4-9(17)3-7)14(16)10-5-12(18)13(19)6-11(10)15/h2-6,14H,1H3. The molecule has 0 amide bonds. The lowest BCUT2D eigenvalue weighted by Gasteiger charge is -2.13. The molecule has 0 aliphatic rings. The van der Waals surface area contributed by atoms with Gasteiger partial charge in [0.05, 0.1) is 5.38 Å². The molecule has 0 saturated heterocycles. The number of aryl methyl sites for hydroxylation is 1. The van der Waals surface area contributed by atoms with Gasteiger partial charge in [0, 0.05) is 5.02 Å². The van der Waals surface area contributed by atoms with E-state index in [0.717, 1.165) is 12.1 Å². The Balaban J connectivity index is 2.49. The summed E-state index contributed by atoms with van der Waals surface area (Å²) in [6, 6.07) is 6.03. The van der Waals surface area contributed by atoms with Crippen molar-refractivity contribution < 1.29 is 13.2 Å². The van der Waals surface area contributed by atoms with Gasteiger partial charge >= 0.3 is 0 Å². The van der Waals surface area contributed by atoms with Gasteiger partial charge in [-0.05, 0) is 47.9 Å². The SMILES string of the molecule is Cc1cc(F)cc(C(Cl)c2cc(F)c(F)cc2Cl)c1. The van der Waals surface area contributed by atoms with Crippen LogP contribution in [-0.4, -0.2) is 0 Å². The molecular formula is C14H9Cl2F3. The highest BCUT2D eigenvalue weighted by Crippen LogP contribution is 2.35. The first kappa shape index (κ1) is 14.2. The van der Waals surface area contributed by atoms with Crippen LogP contribution in [0.2, 0.25) is 5.02 Å². The maximum absolute atomic E-state index is 13.3. The van der Waals surface area contributed by atoms with E-state index in [1.54, 1.807) is 13.0 Å². The first-order chi connectivity index (χ1) is 8.88. The first-order valence-electron chi connectivity index (χ1n) is 5.44. The van der Waals surface area contributed by atoms with Gasteiger partial charge in [0.1, 0.15) is 5.82 Å². The second-order valence-corrected chi connectivity index (χ2v) is 5.06. The van der Waals surface area contributed by atoms with E-state index in [9.17, 15) is 13.2 Å². The molecular weight excluding hydrogens is 296 g/mol. The van der Waals surface area contributed by atoms with Gasteiger partial charge in [0.25, 0.3) is 0 Å². The van der Waals surface area contributed by atoms with Crippen LogP contribution < -0.4 is 0 Å². The molecule has 1 unspecified atom stereocenters. The summed E-state index contributed by atoms with van der Waals surface area (Å²) in [7, 11) is 0. The number of hydrogen-bond acceptors (Lipinski definition) is 0. The van der Waals surface area contributed by atoms with E-state index in [2.05, 4.69) is 0 Å². The van der Waals surface area contributed by atoms with Crippen molar-refractivity contribution in [3.05, 3.63) is 69.5 Å². The second kappa shape index (κ2) is 5.43. The van der Waals surface area contributed by atoms with Gasteiger partial charge in [-0.3, -0.25) is 0 Å². The van der Waals surface area contributed by atoms with Gasteiger partial charge in [-0.25, -0.2) is 13.2 Å². The van der Waals surface area contributed by atoms with Crippen LogP contribution in [-0.2, 0) is 0 Å². The molecule has 100 valence electrons. The summed E-state index contributed by atoms with van der Waals surface area (Å²) in [6.07, 6.45) is 0. The Morgan fingerprint density at radius 2 is 1.58 bits per heavy atom. The maximum atomic E-state index is 13.3. The summed E-state index contributed by atoms with van der Waals surface area (Å²) in [6.45, 7) is 1.71. The van der Waals surface area contributed by atoms with Gasteiger partial charge in [-0.2, -0.15) is 0 Å². The third-order valence-electron chi connectivity index (χ3n) is 2.67. The Kier molecular flexibility index (Phi) is 4.07. The lowest BCUT2D eigenvalue weighted by atomic mass is 10.0. The van der Waals surface area contributed by atoms with Gasteiger partial charge in [0.2, 0.25) is 0 Å². The van der Waals surface area contributed by atoms with E-state index in [0.29, 0.717) is 11.1 Å². The van der Waals surface area contributed by atoms with Crippen molar-refractivity contribution in [2.24, 2.45) is 0 Å². The molecule has 0 nitrogen and oxygen atoms in total. The van der Waals surface area contributed by atoms with E-state index in [-0.39, 0.29) is 10.6 Å². The molecule has 0 aliphatic heterocycles. The van der Waals surface area contributed by atoms with Crippen molar-refractivity contribution in [1.82, 2.24) is 0 Å². The van der Waals surface area contributed by atoms with Crippen molar-refractivity contribution >= 4 is 23.2 Å². The average molecular weight is 305 g/mol. The third kappa shape index (κ3) is 3.04. The fourth-order valence-electron chi connectivity index (χ4n) is 1.82. The summed E-state index contributed by atoms with van der Waals surface area (Å²) < 4.78 is 39.5. The summed E-state index contributed by atoms with van der Waals surface area (Å²) in [4.78, 5) is 0. The van der Waals surface area contributed by atoms with Crippen molar-refractivity contribution in [2.45, 2.75) is 12.3 Å². The van der Waals surface area contributed by atoms with Crippen LogP contribution in [0.5, 0.6) is 0 Å². The summed E-state index contributed by atoms with van der Waals surface area (Å²) in [5.41, 5.74) is 1.32. The van der Waals surface area contributed by atoms with Crippen LogP contribution >= 0.6 is 23.2 Å². The Labute approximate surface area is 118 Å². The molecule has 0 fully saturated rings. The van der Waals surface area contributed by atoms with E-state index < -0.39 is 22.8 Å². The van der Waals surface area contributed by atoms with Crippen molar-refractivity contribution in [3.63, 3.8) is 0 Å². The molecule has 0 aliphatic carbocycles. The average Bonchev–Trinajstić information content (AvgIpc) is 2.31. The van der Waals surface area contributed by atoms with E-state index in [4.69, 9.17) is 23.2 Å².